The third kappa shape index (κ3) is 3.23. The molecule has 0 spiro atoms. The molecule has 0 atom stereocenters. The fourth-order valence-electron chi connectivity index (χ4n) is 1.92. The molecule has 0 bridgehead atoms. The normalized spacial score (nSPS) is 10.5. The van der Waals surface area contributed by atoms with Crippen molar-refractivity contribution in [2.45, 2.75) is 13.0 Å². The third-order valence-electron chi connectivity index (χ3n) is 2.87. The monoisotopic (exact) mass is 261 g/mol. The van der Waals surface area contributed by atoms with E-state index in [1.807, 2.05) is 12.1 Å². The molecule has 0 unspecified atom stereocenters. The standard InChI is InChI=1S/C15H13F2NO/c16-13-5-12(6-14(17)8-13)15(19)7-10-3-1-2-4-11(10)9-18/h1-6,8H,7,9,18H2. The Bertz CT molecular complexity index is 591. The summed E-state index contributed by atoms with van der Waals surface area (Å²) in [6.45, 7) is 0.320. The first-order valence-electron chi connectivity index (χ1n) is 5.86. The van der Waals surface area contributed by atoms with E-state index in [9.17, 15) is 13.6 Å². The number of carbonyl (C=O) groups excluding carboxylic acids is 1. The van der Waals surface area contributed by atoms with Crippen molar-refractivity contribution in [1.82, 2.24) is 0 Å². The Hall–Kier alpha value is -2.07. The van der Waals surface area contributed by atoms with Gasteiger partial charge in [-0.2, -0.15) is 0 Å². The molecule has 0 saturated carbocycles. The summed E-state index contributed by atoms with van der Waals surface area (Å²) < 4.78 is 26.1. The number of halogens is 2. The number of rotatable bonds is 4. The van der Waals surface area contributed by atoms with E-state index in [2.05, 4.69) is 0 Å². The quantitative estimate of drug-likeness (QED) is 0.860. The second-order valence-corrected chi connectivity index (χ2v) is 4.23. The van der Waals surface area contributed by atoms with Gasteiger partial charge in [-0.25, -0.2) is 8.78 Å². The smallest absolute Gasteiger partial charge is 0.167 e. The molecule has 98 valence electrons. The van der Waals surface area contributed by atoms with Crippen LogP contribution in [0.25, 0.3) is 0 Å². The summed E-state index contributed by atoms with van der Waals surface area (Å²) in [4.78, 5) is 12.0. The van der Waals surface area contributed by atoms with Crippen LogP contribution in [0.15, 0.2) is 42.5 Å². The van der Waals surface area contributed by atoms with Crippen molar-refractivity contribution in [1.29, 1.82) is 0 Å². The number of Topliss-reactive ketones (excluding diaryl/α,β-unsaturated/α-hetero) is 1. The maximum atomic E-state index is 13.1. The van der Waals surface area contributed by atoms with Crippen molar-refractivity contribution < 1.29 is 13.6 Å². The summed E-state index contributed by atoms with van der Waals surface area (Å²) in [6, 6.07) is 10.1. The van der Waals surface area contributed by atoms with Crippen LogP contribution in [0.1, 0.15) is 21.5 Å². The number of ketones is 1. The van der Waals surface area contributed by atoms with Gasteiger partial charge in [-0.05, 0) is 23.3 Å². The maximum Gasteiger partial charge on any atom is 0.167 e. The average Bonchev–Trinajstić information content (AvgIpc) is 2.38. The minimum Gasteiger partial charge on any atom is -0.326 e. The second-order valence-electron chi connectivity index (χ2n) is 4.23. The van der Waals surface area contributed by atoms with E-state index < -0.39 is 11.6 Å². The zero-order valence-electron chi connectivity index (χ0n) is 10.2. The Labute approximate surface area is 109 Å². The second kappa shape index (κ2) is 5.71. The van der Waals surface area contributed by atoms with Crippen LogP contribution < -0.4 is 5.73 Å². The molecule has 0 aliphatic heterocycles. The first-order chi connectivity index (χ1) is 9.10. The SMILES string of the molecule is NCc1ccccc1CC(=O)c1cc(F)cc(F)c1. The van der Waals surface area contributed by atoms with Crippen LogP contribution >= 0.6 is 0 Å². The van der Waals surface area contributed by atoms with Crippen LogP contribution in [-0.4, -0.2) is 5.78 Å². The lowest BCUT2D eigenvalue weighted by molar-refractivity contribution is 0.0992. The number of carbonyl (C=O) groups is 1. The van der Waals surface area contributed by atoms with E-state index in [-0.39, 0.29) is 17.8 Å². The lowest BCUT2D eigenvalue weighted by Gasteiger charge is -2.07. The molecule has 2 aromatic rings. The highest BCUT2D eigenvalue weighted by molar-refractivity contribution is 5.97. The van der Waals surface area contributed by atoms with E-state index in [0.717, 1.165) is 29.3 Å². The number of hydrogen-bond acceptors (Lipinski definition) is 2. The van der Waals surface area contributed by atoms with E-state index in [1.165, 1.54) is 0 Å². The van der Waals surface area contributed by atoms with E-state index in [0.29, 0.717) is 6.54 Å². The predicted octanol–water partition coefficient (Wildman–Crippen LogP) is 2.85. The van der Waals surface area contributed by atoms with Crippen LogP contribution in [0.3, 0.4) is 0 Å². The highest BCUT2D eigenvalue weighted by Gasteiger charge is 2.11. The largest absolute Gasteiger partial charge is 0.326 e. The molecule has 4 heteroatoms. The van der Waals surface area contributed by atoms with Gasteiger partial charge in [0.2, 0.25) is 0 Å². The van der Waals surface area contributed by atoms with Crippen molar-refractivity contribution in [3.8, 4) is 0 Å². The van der Waals surface area contributed by atoms with Crippen LogP contribution in [0.5, 0.6) is 0 Å². The van der Waals surface area contributed by atoms with Crippen LogP contribution in [0.2, 0.25) is 0 Å². The molecule has 0 aliphatic carbocycles. The van der Waals surface area contributed by atoms with Crippen molar-refractivity contribution in [2.24, 2.45) is 5.73 Å². The summed E-state index contributed by atoms with van der Waals surface area (Å²) >= 11 is 0. The molecule has 0 fully saturated rings. The van der Waals surface area contributed by atoms with Crippen LogP contribution in [-0.2, 0) is 13.0 Å². The molecule has 0 radical (unpaired) electrons. The fourth-order valence-corrected chi connectivity index (χ4v) is 1.92. The molecule has 2 aromatic carbocycles. The lowest BCUT2D eigenvalue weighted by atomic mass is 9.99. The Balaban J connectivity index is 2.25. The maximum absolute atomic E-state index is 13.1. The summed E-state index contributed by atoms with van der Waals surface area (Å²) in [5, 5.41) is 0. The van der Waals surface area contributed by atoms with Crippen molar-refractivity contribution >= 4 is 5.78 Å². The van der Waals surface area contributed by atoms with Gasteiger partial charge in [-0.3, -0.25) is 4.79 Å². The molecule has 2 rings (SSSR count). The topological polar surface area (TPSA) is 43.1 Å². The van der Waals surface area contributed by atoms with Gasteiger partial charge in [0.25, 0.3) is 0 Å². The molecular formula is C15H13F2NO. The van der Waals surface area contributed by atoms with Crippen molar-refractivity contribution in [3.63, 3.8) is 0 Å². The molecule has 2 N–H and O–H groups in total. The minimum atomic E-state index is -0.754. The summed E-state index contributed by atoms with van der Waals surface area (Å²) in [5.74, 6) is -1.84. The highest BCUT2D eigenvalue weighted by Crippen LogP contribution is 2.14. The highest BCUT2D eigenvalue weighted by atomic mass is 19.1. The van der Waals surface area contributed by atoms with Gasteiger partial charge < -0.3 is 5.73 Å². The summed E-state index contributed by atoms with van der Waals surface area (Å²) in [5.41, 5.74) is 7.25. The zero-order chi connectivity index (χ0) is 13.8. The minimum absolute atomic E-state index is 0.0318. The van der Waals surface area contributed by atoms with Crippen molar-refractivity contribution in [2.75, 3.05) is 0 Å². The number of nitrogens with two attached hydrogens (primary N) is 1. The first kappa shape index (κ1) is 13.4. The average molecular weight is 261 g/mol. The molecule has 0 saturated heterocycles. The molecule has 0 amide bonds. The van der Waals surface area contributed by atoms with Gasteiger partial charge in [0, 0.05) is 24.6 Å². The molecule has 0 aliphatic rings. The number of hydrogen-bond donors (Lipinski definition) is 1. The Morgan fingerprint density at radius 1 is 1.00 bits per heavy atom. The Kier molecular flexibility index (Phi) is 4.02. The van der Waals surface area contributed by atoms with Crippen LogP contribution in [0.4, 0.5) is 8.78 Å². The predicted molar refractivity (Wildman–Crippen MR) is 68.7 cm³/mol. The molecule has 19 heavy (non-hydrogen) atoms. The lowest BCUT2D eigenvalue weighted by Crippen LogP contribution is -2.08. The van der Waals surface area contributed by atoms with Gasteiger partial charge in [0.05, 0.1) is 0 Å². The van der Waals surface area contributed by atoms with Gasteiger partial charge >= 0.3 is 0 Å². The van der Waals surface area contributed by atoms with Gasteiger partial charge in [-0.1, -0.05) is 24.3 Å². The first-order valence-corrected chi connectivity index (χ1v) is 5.86. The van der Waals surface area contributed by atoms with Gasteiger partial charge in [0.15, 0.2) is 5.78 Å². The number of benzene rings is 2. The molecule has 0 heterocycles. The zero-order valence-corrected chi connectivity index (χ0v) is 10.2. The van der Waals surface area contributed by atoms with Crippen molar-refractivity contribution in [3.05, 3.63) is 70.8 Å². The Morgan fingerprint density at radius 3 is 2.16 bits per heavy atom. The van der Waals surface area contributed by atoms with Gasteiger partial charge in [0.1, 0.15) is 11.6 Å². The summed E-state index contributed by atoms with van der Waals surface area (Å²) in [6.07, 6.45) is 0.0796. The summed E-state index contributed by atoms with van der Waals surface area (Å²) in [7, 11) is 0. The Morgan fingerprint density at radius 2 is 1.58 bits per heavy atom. The molecule has 0 aromatic heterocycles. The van der Waals surface area contributed by atoms with E-state index in [4.69, 9.17) is 5.73 Å². The van der Waals surface area contributed by atoms with Crippen LogP contribution in [0, 0.1) is 11.6 Å². The molecular weight excluding hydrogens is 248 g/mol. The fraction of sp³-hybridized carbons (Fsp3) is 0.133. The molecule has 2 nitrogen and oxygen atoms in total. The van der Waals surface area contributed by atoms with E-state index >= 15 is 0 Å². The van der Waals surface area contributed by atoms with Gasteiger partial charge in [-0.15, -0.1) is 0 Å². The third-order valence-corrected chi connectivity index (χ3v) is 2.87. The van der Waals surface area contributed by atoms with E-state index in [1.54, 1.807) is 12.1 Å².